The highest BCUT2D eigenvalue weighted by Gasteiger charge is 2.40. The van der Waals surface area contributed by atoms with Crippen LogP contribution in [0.3, 0.4) is 0 Å². The van der Waals surface area contributed by atoms with E-state index in [1.54, 1.807) is 36.4 Å². The van der Waals surface area contributed by atoms with Crippen LogP contribution in [0.1, 0.15) is 58.2 Å². The molecule has 4 rings (SSSR count). The molecule has 9 nitrogen and oxygen atoms in total. The van der Waals surface area contributed by atoms with Crippen molar-refractivity contribution < 1.29 is 38.8 Å². The average Bonchev–Trinajstić information content (AvgIpc) is 3.06. The van der Waals surface area contributed by atoms with Gasteiger partial charge in [0.2, 0.25) is 0 Å². The maximum absolute atomic E-state index is 14.2. The third-order valence-corrected chi connectivity index (χ3v) is 7.17. The van der Waals surface area contributed by atoms with Gasteiger partial charge in [0.15, 0.2) is 17.3 Å². The Balaban J connectivity index is 1.87. The molecular formula is C31H32ClNO8. The fraction of sp³-hybridized carbons (Fsp3) is 0.323. The number of aliphatic hydroxyl groups excluding tert-OH is 1. The molecule has 1 aliphatic heterocycles. The highest BCUT2D eigenvalue weighted by molar-refractivity contribution is 6.30. The number of benzene rings is 3. The summed E-state index contributed by atoms with van der Waals surface area (Å²) >= 11 is 6.44. The van der Waals surface area contributed by atoms with E-state index in [4.69, 9.17) is 25.8 Å². The lowest BCUT2D eigenvalue weighted by molar-refractivity contribution is -0.132. The fourth-order valence-electron chi connectivity index (χ4n) is 4.82. The van der Waals surface area contributed by atoms with Gasteiger partial charge >= 0.3 is 5.97 Å². The van der Waals surface area contributed by atoms with E-state index in [0.717, 1.165) is 0 Å². The minimum atomic E-state index is -1.27. The molecule has 0 aliphatic carbocycles. The Labute approximate surface area is 243 Å². The second-order valence-electron chi connectivity index (χ2n) is 10.6. The topological polar surface area (TPSA) is 123 Å². The lowest BCUT2D eigenvalue weighted by Gasteiger charge is -2.32. The highest BCUT2D eigenvalue weighted by Crippen LogP contribution is 2.45. The number of methoxy groups -OCH3 is 2. The number of hydrogen-bond acceptors (Lipinski definition) is 7. The predicted octanol–water partition coefficient (Wildman–Crippen LogP) is 5.17. The van der Waals surface area contributed by atoms with Gasteiger partial charge in [0, 0.05) is 52.4 Å². The van der Waals surface area contributed by atoms with Crippen LogP contribution in [-0.4, -0.2) is 61.3 Å². The molecule has 0 spiro atoms. The number of aliphatic hydroxyl groups is 1. The SMILES string of the molecule is COc1cccc([C@H]2O[C@H](CC(=O)c3cccc(C(=O)O)c3)C(=O)N(CC(C)(C)CO)c3ccc(Cl)cc32)c1OC. The van der Waals surface area contributed by atoms with Gasteiger partial charge in [-0.2, -0.15) is 0 Å². The summed E-state index contributed by atoms with van der Waals surface area (Å²) in [4.78, 5) is 40.6. The number of rotatable bonds is 10. The van der Waals surface area contributed by atoms with Crippen LogP contribution >= 0.6 is 11.6 Å². The standard InChI is InChI=1S/C31H32ClNO8/c1-31(2,17-34)16-33-23-12-11-20(32)14-22(23)27(21-9-6-10-25(39-3)28(21)40-4)41-26(29(33)36)15-24(35)18-7-5-8-19(13-18)30(37)38/h5-14,26-27,34H,15-17H2,1-4H3,(H,37,38)/t26-,27-/m1/s1. The lowest BCUT2D eigenvalue weighted by Crippen LogP contribution is -2.45. The Kier molecular flexibility index (Phi) is 9.01. The maximum Gasteiger partial charge on any atom is 0.335 e. The molecule has 2 atom stereocenters. The molecule has 41 heavy (non-hydrogen) atoms. The molecular weight excluding hydrogens is 550 g/mol. The van der Waals surface area contributed by atoms with E-state index in [1.165, 1.54) is 43.4 Å². The van der Waals surface area contributed by atoms with Crippen LogP contribution in [0.4, 0.5) is 5.69 Å². The monoisotopic (exact) mass is 581 g/mol. The van der Waals surface area contributed by atoms with Crippen molar-refractivity contribution >= 4 is 34.9 Å². The van der Waals surface area contributed by atoms with Crippen LogP contribution in [0.15, 0.2) is 60.7 Å². The molecule has 0 aromatic heterocycles. The molecule has 1 amide bonds. The largest absolute Gasteiger partial charge is 0.493 e. The van der Waals surface area contributed by atoms with Gasteiger partial charge in [0.05, 0.1) is 19.8 Å². The van der Waals surface area contributed by atoms with Crippen molar-refractivity contribution in [1.82, 2.24) is 0 Å². The van der Waals surface area contributed by atoms with Gasteiger partial charge in [0.1, 0.15) is 12.2 Å². The normalized spacial score (nSPS) is 17.0. The van der Waals surface area contributed by atoms with Crippen molar-refractivity contribution in [2.24, 2.45) is 5.41 Å². The molecule has 10 heteroatoms. The lowest BCUT2D eigenvalue weighted by atomic mass is 9.92. The van der Waals surface area contributed by atoms with Crippen molar-refractivity contribution in [3.8, 4) is 11.5 Å². The number of carboxylic acid groups (broad SMARTS) is 1. The Morgan fingerprint density at radius 3 is 2.37 bits per heavy atom. The first-order chi connectivity index (χ1) is 19.5. The van der Waals surface area contributed by atoms with Crippen LogP contribution < -0.4 is 14.4 Å². The van der Waals surface area contributed by atoms with Crippen molar-refractivity contribution in [2.45, 2.75) is 32.5 Å². The summed E-state index contributed by atoms with van der Waals surface area (Å²) in [5, 5.41) is 19.8. The minimum Gasteiger partial charge on any atom is -0.493 e. The Hall–Kier alpha value is -3.92. The summed E-state index contributed by atoms with van der Waals surface area (Å²) in [6.07, 6.45) is -2.52. The van der Waals surface area contributed by atoms with Gasteiger partial charge in [-0.3, -0.25) is 9.59 Å². The molecule has 3 aromatic rings. The van der Waals surface area contributed by atoms with Gasteiger partial charge in [-0.25, -0.2) is 4.79 Å². The number of halogens is 1. The van der Waals surface area contributed by atoms with E-state index in [9.17, 15) is 24.6 Å². The zero-order chi connectivity index (χ0) is 29.9. The number of aromatic carboxylic acids is 1. The van der Waals surface area contributed by atoms with E-state index in [1.807, 2.05) is 13.8 Å². The zero-order valence-corrected chi connectivity index (χ0v) is 24.0. The first-order valence-corrected chi connectivity index (χ1v) is 13.3. The molecule has 2 N–H and O–H groups in total. The number of anilines is 1. The average molecular weight is 582 g/mol. The highest BCUT2D eigenvalue weighted by atomic mass is 35.5. The summed E-state index contributed by atoms with van der Waals surface area (Å²) in [7, 11) is 3.00. The number of carboxylic acids is 1. The van der Waals surface area contributed by atoms with E-state index < -0.39 is 35.3 Å². The molecule has 0 radical (unpaired) electrons. The van der Waals surface area contributed by atoms with Gasteiger partial charge in [0.25, 0.3) is 5.91 Å². The number of para-hydroxylation sites is 1. The smallest absolute Gasteiger partial charge is 0.335 e. The van der Waals surface area contributed by atoms with Crippen LogP contribution in [-0.2, 0) is 9.53 Å². The number of fused-ring (bicyclic) bond motifs is 1. The van der Waals surface area contributed by atoms with Crippen LogP contribution in [0, 0.1) is 5.41 Å². The third kappa shape index (κ3) is 6.37. The summed E-state index contributed by atoms with van der Waals surface area (Å²) in [6, 6.07) is 16.0. The Morgan fingerprint density at radius 1 is 1.00 bits per heavy atom. The molecule has 0 saturated carbocycles. The number of hydrogen-bond donors (Lipinski definition) is 2. The van der Waals surface area contributed by atoms with Crippen LogP contribution in [0.2, 0.25) is 5.02 Å². The maximum atomic E-state index is 14.2. The van der Waals surface area contributed by atoms with E-state index in [-0.39, 0.29) is 30.7 Å². The van der Waals surface area contributed by atoms with Crippen molar-refractivity contribution in [1.29, 1.82) is 0 Å². The quantitative estimate of drug-likeness (QED) is 0.315. The number of carbonyl (C=O) groups is 3. The number of nitrogens with zero attached hydrogens (tertiary/aromatic N) is 1. The second-order valence-corrected chi connectivity index (χ2v) is 11.0. The molecule has 0 bridgehead atoms. The molecule has 0 fully saturated rings. The molecule has 0 unspecified atom stereocenters. The first kappa shape index (κ1) is 30.0. The zero-order valence-electron chi connectivity index (χ0n) is 23.2. The van der Waals surface area contributed by atoms with Crippen LogP contribution in [0.5, 0.6) is 11.5 Å². The van der Waals surface area contributed by atoms with Crippen LogP contribution in [0.25, 0.3) is 0 Å². The molecule has 3 aromatic carbocycles. The van der Waals surface area contributed by atoms with Crippen molar-refractivity contribution in [3.63, 3.8) is 0 Å². The fourth-order valence-corrected chi connectivity index (χ4v) is 5.00. The van der Waals surface area contributed by atoms with E-state index >= 15 is 0 Å². The summed E-state index contributed by atoms with van der Waals surface area (Å²) in [6.45, 7) is 3.57. The molecule has 1 heterocycles. The van der Waals surface area contributed by atoms with E-state index in [0.29, 0.717) is 33.3 Å². The molecule has 216 valence electrons. The number of ether oxygens (including phenoxy) is 3. The van der Waals surface area contributed by atoms with Crippen molar-refractivity contribution in [2.75, 3.05) is 32.3 Å². The number of Topliss-reactive ketones (excluding diaryl/α,β-unsaturated/α-hetero) is 1. The van der Waals surface area contributed by atoms with Gasteiger partial charge in [-0.05, 0) is 36.4 Å². The number of carbonyl (C=O) groups excluding carboxylic acids is 2. The first-order valence-electron chi connectivity index (χ1n) is 12.9. The summed E-state index contributed by atoms with van der Waals surface area (Å²) in [5.41, 5.74) is 1.04. The van der Waals surface area contributed by atoms with E-state index in [2.05, 4.69) is 0 Å². The number of amides is 1. The molecule has 0 saturated heterocycles. The predicted molar refractivity (Wildman–Crippen MR) is 153 cm³/mol. The van der Waals surface area contributed by atoms with Gasteiger partial charge in [-0.15, -0.1) is 0 Å². The summed E-state index contributed by atoms with van der Waals surface area (Å²) in [5.74, 6) is -1.28. The third-order valence-electron chi connectivity index (χ3n) is 6.94. The summed E-state index contributed by atoms with van der Waals surface area (Å²) < 4.78 is 17.7. The Bertz CT molecular complexity index is 1470. The van der Waals surface area contributed by atoms with Gasteiger partial charge < -0.3 is 29.3 Å². The Morgan fingerprint density at radius 2 is 1.71 bits per heavy atom. The minimum absolute atomic E-state index is 0.0451. The van der Waals surface area contributed by atoms with Crippen molar-refractivity contribution in [3.05, 3.63) is 87.9 Å². The second kappa shape index (κ2) is 12.3. The number of ketones is 1. The van der Waals surface area contributed by atoms with Gasteiger partial charge in [-0.1, -0.05) is 49.7 Å². The molecule has 1 aliphatic rings.